The van der Waals surface area contributed by atoms with Crippen LogP contribution in [0.3, 0.4) is 0 Å². The van der Waals surface area contributed by atoms with Gasteiger partial charge in [0, 0.05) is 10.6 Å². The first-order valence-electron chi connectivity index (χ1n) is 6.80. The Morgan fingerprint density at radius 3 is 2.71 bits per heavy atom. The highest BCUT2D eigenvalue weighted by atomic mass is 32.2. The largest absolute Gasteiger partial charge is 0.497 e. The minimum absolute atomic E-state index is 0.0108. The van der Waals surface area contributed by atoms with Crippen molar-refractivity contribution in [1.29, 1.82) is 0 Å². The number of methoxy groups -OCH3 is 1. The maximum atomic E-state index is 6.10. The Hall–Kier alpha value is -1.69. The monoisotopic (exact) mass is 302 g/mol. The van der Waals surface area contributed by atoms with E-state index in [4.69, 9.17) is 15.3 Å². The van der Waals surface area contributed by atoms with Gasteiger partial charge in [-0.1, -0.05) is 24.3 Å². The molecule has 5 heteroatoms. The molecule has 0 spiro atoms. The van der Waals surface area contributed by atoms with Gasteiger partial charge < -0.3 is 9.47 Å². The van der Waals surface area contributed by atoms with Crippen molar-refractivity contribution in [2.45, 2.75) is 17.0 Å². The summed E-state index contributed by atoms with van der Waals surface area (Å²) in [6, 6.07) is 15.9. The lowest BCUT2D eigenvalue weighted by Gasteiger charge is -2.31. The van der Waals surface area contributed by atoms with Gasteiger partial charge in [0.15, 0.2) is 0 Å². The van der Waals surface area contributed by atoms with Crippen LogP contribution in [0.4, 0.5) is 0 Å². The Kier molecular flexibility index (Phi) is 4.34. The van der Waals surface area contributed by atoms with E-state index >= 15 is 0 Å². The van der Waals surface area contributed by atoms with Crippen LogP contribution in [0.1, 0.15) is 11.6 Å². The minimum Gasteiger partial charge on any atom is -0.497 e. The molecule has 4 nitrogen and oxygen atoms in total. The van der Waals surface area contributed by atoms with Crippen LogP contribution in [-0.4, -0.2) is 19.0 Å². The summed E-state index contributed by atoms with van der Waals surface area (Å²) in [5.74, 6) is 8.37. The third-order valence-electron chi connectivity index (χ3n) is 3.56. The van der Waals surface area contributed by atoms with E-state index in [0.717, 1.165) is 22.8 Å². The van der Waals surface area contributed by atoms with Crippen molar-refractivity contribution in [2.24, 2.45) is 5.84 Å². The number of rotatable bonds is 4. The highest BCUT2D eigenvalue weighted by molar-refractivity contribution is 7.99. The molecule has 1 aliphatic rings. The third kappa shape index (κ3) is 3.00. The van der Waals surface area contributed by atoms with E-state index in [-0.39, 0.29) is 12.1 Å². The number of thioether (sulfide) groups is 1. The Balaban J connectivity index is 1.80. The number of fused-ring (bicyclic) bond motifs is 1. The summed E-state index contributed by atoms with van der Waals surface area (Å²) >= 11 is 1.80. The fourth-order valence-electron chi connectivity index (χ4n) is 2.43. The molecule has 110 valence electrons. The number of para-hydroxylation sites is 1. The molecule has 3 N–H and O–H groups in total. The zero-order valence-electron chi connectivity index (χ0n) is 11.8. The molecule has 0 amide bonds. The van der Waals surface area contributed by atoms with Gasteiger partial charge in [0.25, 0.3) is 0 Å². The quantitative estimate of drug-likeness (QED) is 0.672. The molecule has 1 aliphatic heterocycles. The fraction of sp³-hybridized carbons (Fsp3) is 0.250. The number of hydrogen-bond donors (Lipinski definition) is 2. The van der Waals surface area contributed by atoms with Gasteiger partial charge in [-0.05, 0) is 29.8 Å². The Morgan fingerprint density at radius 2 is 2.00 bits per heavy atom. The lowest BCUT2D eigenvalue weighted by Crippen LogP contribution is -2.42. The summed E-state index contributed by atoms with van der Waals surface area (Å²) in [4.78, 5) is 1.18. The van der Waals surface area contributed by atoms with Crippen LogP contribution in [0.2, 0.25) is 0 Å². The normalized spacial score (nSPS) is 18.5. The summed E-state index contributed by atoms with van der Waals surface area (Å²) in [5.41, 5.74) is 3.96. The lowest BCUT2D eigenvalue weighted by molar-refractivity contribution is 0.167. The first kappa shape index (κ1) is 14.3. The van der Waals surface area contributed by atoms with Gasteiger partial charge in [0.1, 0.15) is 17.6 Å². The second kappa shape index (κ2) is 6.39. The smallest absolute Gasteiger partial charge is 0.133 e. The predicted molar refractivity (Wildman–Crippen MR) is 84.6 cm³/mol. The first-order valence-corrected chi connectivity index (χ1v) is 7.79. The molecule has 2 unspecified atom stereocenters. The van der Waals surface area contributed by atoms with E-state index in [2.05, 4.69) is 11.5 Å². The van der Waals surface area contributed by atoms with Crippen LogP contribution >= 0.6 is 11.8 Å². The topological polar surface area (TPSA) is 56.5 Å². The third-order valence-corrected chi connectivity index (χ3v) is 4.70. The van der Waals surface area contributed by atoms with E-state index < -0.39 is 0 Å². The van der Waals surface area contributed by atoms with Gasteiger partial charge in [0.05, 0.1) is 13.2 Å². The molecule has 0 fully saturated rings. The molecular formula is C16H18N2O2S. The second-order valence-electron chi connectivity index (χ2n) is 4.83. The van der Waals surface area contributed by atoms with Crippen LogP contribution in [0.25, 0.3) is 0 Å². The van der Waals surface area contributed by atoms with E-state index in [1.807, 2.05) is 42.5 Å². The van der Waals surface area contributed by atoms with Crippen molar-refractivity contribution < 1.29 is 9.47 Å². The van der Waals surface area contributed by atoms with Gasteiger partial charge >= 0.3 is 0 Å². The van der Waals surface area contributed by atoms with E-state index in [9.17, 15) is 0 Å². The molecule has 2 atom stereocenters. The summed E-state index contributed by atoms with van der Waals surface area (Å²) in [6.45, 7) is 0. The summed E-state index contributed by atoms with van der Waals surface area (Å²) < 4.78 is 11.3. The van der Waals surface area contributed by atoms with Gasteiger partial charge in [-0.2, -0.15) is 0 Å². The molecule has 0 bridgehead atoms. The average molecular weight is 302 g/mol. The maximum absolute atomic E-state index is 6.10. The SMILES string of the molecule is COc1ccc(C(NN)C2CSc3ccccc3O2)cc1. The van der Waals surface area contributed by atoms with Gasteiger partial charge in [-0.15, -0.1) is 11.8 Å². The number of ether oxygens (including phenoxy) is 2. The molecular weight excluding hydrogens is 284 g/mol. The van der Waals surface area contributed by atoms with Gasteiger partial charge in [0.2, 0.25) is 0 Å². The van der Waals surface area contributed by atoms with Crippen molar-refractivity contribution in [3.63, 3.8) is 0 Å². The van der Waals surface area contributed by atoms with Gasteiger partial charge in [-0.3, -0.25) is 5.84 Å². The molecule has 0 aromatic heterocycles. The molecule has 2 aromatic carbocycles. The number of hydrogen-bond acceptors (Lipinski definition) is 5. The van der Waals surface area contributed by atoms with Crippen LogP contribution in [0, 0.1) is 0 Å². The van der Waals surface area contributed by atoms with Crippen molar-refractivity contribution in [1.82, 2.24) is 5.43 Å². The van der Waals surface area contributed by atoms with Crippen LogP contribution in [0.15, 0.2) is 53.4 Å². The molecule has 3 rings (SSSR count). The molecule has 0 aliphatic carbocycles. The molecule has 0 saturated heterocycles. The van der Waals surface area contributed by atoms with E-state index in [0.29, 0.717) is 0 Å². The second-order valence-corrected chi connectivity index (χ2v) is 5.89. The fourth-order valence-corrected chi connectivity index (χ4v) is 3.47. The predicted octanol–water partition coefficient (Wildman–Crippen LogP) is 2.75. The van der Waals surface area contributed by atoms with Crippen molar-refractivity contribution in [3.05, 3.63) is 54.1 Å². The van der Waals surface area contributed by atoms with E-state index in [1.54, 1.807) is 18.9 Å². The summed E-state index contributed by atoms with van der Waals surface area (Å²) in [5, 5.41) is 0. The average Bonchev–Trinajstić information content (AvgIpc) is 2.56. The van der Waals surface area contributed by atoms with Crippen LogP contribution in [0.5, 0.6) is 11.5 Å². The zero-order chi connectivity index (χ0) is 14.7. The Bertz CT molecular complexity index is 603. The lowest BCUT2D eigenvalue weighted by atomic mass is 10.0. The van der Waals surface area contributed by atoms with Crippen molar-refractivity contribution in [2.75, 3.05) is 12.9 Å². The molecule has 0 radical (unpaired) electrons. The first-order chi connectivity index (χ1) is 10.3. The van der Waals surface area contributed by atoms with Crippen molar-refractivity contribution in [3.8, 4) is 11.5 Å². The molecule has 2 aromatic rings. The summed E-state index contributed by atoms with van der Waals surface area (Å²) in [6.07, 6.45) is -0.0108. The van der Waals surface area contributed by atoms with Crippen molar-refractivity contribution >= 4 is 11.8 Å². The number of benzene rings is 2. The highest BCUT2D eigenvalue weighted by Crippen LogP contribution is 2.38. The minimum atomic E-state index is -0.0586. The number of hydrazine groups is 1. The molecule has 21 heavy (non-hydrogen) atoms. The van der Waals surface area contributed by atoms with E-state index in [1.165, 1.54) is 4.90 Å². The number of nitrogens with one attached hydrogen (secondary N) is 1. The zero-order valence-corrected chi connectivity index (χ0v) is 12.6. The Morgan fingerprint density at radius 1 is 1.24 bits per heavy atom. The number of nitrogens with two attached hydrogens (primary N) is 1. The Labute approximate surface area is 128 Å². The summed E-state index contributed by atoms with van der Waals surface area (Å²) in [7, 11) is 1.66. The molecule has 0 saturated carbocycles. The van der Waals surface area contributed by atoms with Crippen LogP contribution < -0.4 is 20.7 Å². The highest BCUT2D eigenvalue weighted by Gasteiger charge is 2.28. The van der Waals surface area contributed by atoms with Gasteiger partial charge in [-0.25, -0.2) is 5.43 Å². The molecule has 1 heterocycles. The maximum Gasteiger partial charge on any atom is 0.133 e. The standard InChI is InChI=1S/C16H18N2O2S/c1-19-12-8-6-11(7-9-12)16(18-17)14-10-21-15-5-3-2-4-13(15)20-14/h2-9,14,16,18H,10,17H2,1H3. The van der Waals surface area contributed by atoms with Crippen LogP contribution in [-0.2, 0) is 0 Å².